The molecule has 0 heterocycles. The summed E-state index contributed by atoms with van der Waals surface area (Å²) < 4.78 is 24.6. The minimum atomic E-state index is -3.32. The van der Waals surface area contributed by atoms with E-state index in [1.807, 2.05) is 0 Å². The summed E-state index contributed by atoms with van der Waals surface area (Å²) in [5, 5.41) is 2.57. The van der Waals surface area contributed by atoms with Gasteiger partial charge in [-0.15, -0.1) is 0 Å². The van der Waals surface area contributed by atoms with E-state index >= 15 is 0 Å². The fourth-order valence-electron chi connectivity index (χ4n) is 0.197. The molecule has 4 nitrogen and oxygen atoms in total. The molecular weight excluding hydrogens is 142 g/mol. The lowest BCUT2D eigenvalue weighted by Crippen LogP contribution is -1.98. The fourth-order valence-corrected chi connectivity index (χ4v) is 0.454. The van der Waals surface area contributed by atoms with Crippen molar-refractivity contribution in [2.75, 3.05) is 13.3 Å². The van der Waals surface area contributed by atoms with Crippen LogP contribution in [-0.4, -0.2) is 21.7 Å². The van der Waals surface area contributed by atoms with Crippen LogP contribution in [0.4, 0.5) is 0 Å². The third kappa shape index (κ3) is 7.29. The minimum absolute atomic E-state index is 0.979. The van der Waals surface area contributed by atoms with Crippen LogP contribution in [0, 0.1) is 0 Å². The van der Waals surface area contributed by atoms with E-state index in [4.69, 9.17) is 0 Å². The normalized spacial score (nSPS) is 11.8. The Morgan fingerprint density at radius 1 is 1.56 bits per heavy atom. The zero-order chi connectivity index (χ0) is 7.33. The molecule has 0 aliphatic rings. The van der Waals surface area contributed by atoms with E-state index in [0.717, 1.165) is 12.5 Å². The Hall–Kier alpha value is -0.710. The Bertz CT molecular complexity index is 182. The second-order valence-corrected chi connectivity index (χ2v) is 2.99. The molecule has 0 unspecified atom stereocenters. The Morgan fingerprint density at radius 2 is 2.11 bits per heavy atom. The summed E-state index contributed by atoms with van der Waals surface area (Å²) in [7, 11) is -1.68. The average molecular weight is 151 g/mol. The minimum Gasteiger partial charge on any atom is -0.391 e. The zero-order valence-electron chi connectivity index (χ0n) is 5.29. The van der Waals surface area contributed by atoms with Gasteiger partial charge in [0.1, 0.15) is 6.26 Å². The molecule has 0 aromatic carbocycles. The molecule has 0 amide bonds. The first-order chi connectivity index (χ1) is 4.06. The summed E-state index contributed by atoms with van der Waals surface area (Å²) in [6.07, 6.45) is 3.42. The lowest BCUT2D eigenvalue weighted by Gasteiger charge is -1.92. The molecule has 0 saturated heterocycles. The molecule has 0 rings (SSSR count). The van der Waals surface area contributed by atoms with Gasteiger partial charge in [-0.25, -0.2) is 0 Å². The highest BCUT2D eigenvalue weighted by atomic mass is 32.2. The molecule has 0 fully saturated rings. The van der Waals surface area contributed by atoms with Gasteiger partial charge in [-0.3, -0.25) is 0 Å². The van der Waals surface area contributed by atoms with Crippen molar-refractivity contribution in [1.29, 1.82) is 0 Å². The summed E-state index contributed by atoms with van der Waals surface area (Å²) >= 11 is 0. The number of hydrogen-bond acceptors (Lipinski definition) is 4. The summed E-state index contributed by atoms with van der Waals surface area (Å²) in [6.45, 7) is 0. The standard InChI is InChI=1S/C4H9NO3S/c1-5-3-4-8-9(2,6)7/h3-5H,1-2H3. The third-order valence-corrected chi connectivity index (χ3v) is 0.926. The molecule has 0 aliphatic carbocycles. The van der Waals surface area contributed by atoms with Crippen molar-refractivity contribution in [2.45, 2.75) is 0 Å². The predicted octanol–water partition coefficient (Wildman–Crippen LogP) is -0.347. The van der Waals surface area contributed by atoms with Gasteiger partial charge in [0, 0.05) is 13.2 Å². The van der Waals surface area contributed by atoms with Gasteiger partial charge in [0.05, 0.1) is 6.26 Å². The monoisotopic (exact) mass is 151 g/mol. The van der Waals surface area contributed by atoms with E-state index in [0.29, 0.717) is 0 Å². The number of nitrogens with one attached hydrogen (secondary N) is 1. The van der Waals surface area contributed by atoms with Crippen LogP contribution in [0.2, 0.25) is 0 Å². The Labute approximate surface area is 54.6 Å². The topological polar surface area (TPSA) is 55.4 Å². The fraction of sp³-hybridized carbons (Fsp3) is 0.500. The maximum atomic E-state index is 10.2. The van der Waals surface area contributed by atoms with Crippen LogP contribution >= 0.6 is 0 Å². The molecule has 0 aromatic rings. The summed E-state index contributed by atoms with van der Waals surface area (Å²) in [5.41, 5.74) is 0. The van der Waals surface area contributed by atoms with E-state index in [2.05, 4.69) is 9.50 Å². The lowest BCUT2D eigenvalue weighted by molar-refractivity contribution is 0.447. The predicted molar refractivity (Wildman–Crippen MR) is 34.1 cm³/mol. The first-order valence-electron chi connectivity index (χ1n) is 2.27. The van der Waals surface area contributed by atoms with Gasteiger partial charge in [0.25, 0.3) is 0 Å². The molecule has 0 saturated carbocycles. The molecule has 5 heteroatoms. The molecule has 1 N–H and O–H groups in total. The van der Waals surface area contributed by atoms with E-state index in [-0.39, 0.29) is 0 Å². The maximum Gasteiger partial charge on any atom is 0.305 e. The molecule has 0 spiro atoms. The van der Waals surface area contributed by atoms with Crippen molar-refractivity contribution in [3.8, 4) is 0 Å². The first-order valence-corrected chi connectivity index (χ1v) is 4.08. The van der Waals surface area contributed by atoms with Crippen LogP contribution in [0.1, 0.15) is 0 Å². The molecule has 0 radical (unpaired) electrons. The first kappa shape index (κ1) is 8.29. The van der Waals surface area contributed by atoms with Crippen molar-refractivity contribution in [3.05, 3.63) is 12.5 Å². The summed E-state index contributed by atoms with van der Waals surface area (Å²) in [4.78, 5) is 0. The zero-order valence-corrected chi connectivity index (χ0v) is 6.10. The SMILES string of the molecule is CNC=COS(C)(=O)=O. The summed E-state index contributed by atoms with van der Waals surface area (Å²) in [5.74, 6) is 0. The molecule has 54 valence electrons. The van der Waals surface area contributed by atoms with Gasteiger partial charge in [0.2, 0.25) is 0 Å². The van der Waals surface area contributed by atoms with Crippen molar-refractivity contribution >= 4 is 10.1 Å². The van der Waals surface area contributed by atoms with E-state index in [9.17, 15) is 8.42 Å². The second-order valence-electron chi connectivity index (χ2n) is 1.39. The van der Waals surface area contributed by atoms with Crippen molar-refractivity contribution in [1.82, 2.24) is 5.32 Å². The quantitative estimate of drug-likeness (QED) is 0.442. The highest BCUT2D eigenvalue weighted by molar-refractivity contribution is 7.86. The number of hydrogen-bond donors (Lipinski definition) is 1. The van der Waals surface area contributed by atoms with Gasteiger partial charge in [-0.2, -0.15) is 8.42 Å². The Kier molecular flexibility index (Phi) is 3.08. The van der Waals surface area contributed by atoms with Crippen LogP contribution in [0.25, 0.3) is 0 Å². The van der Waals surface area contributed by atoms with Crippen molar-refractivity contribution < 1.29 is 12.6 Å². The van der Waals surface area contributed by atoms with Gasteiger partial charge in [-0.05, 0) is 0 Å². The second kappa shape index (κ2) is 3.34. The van der Waals surface area contributed by atoms with Crippen LogP contribution < -0.4 is 5.32 Å². The summed E-state index contributed by atoms with van der Waals surface area (Å²) in [6, 6.07) is 0. The average Bonchev–Trinajstić information content (AvgIpc) is 1.63. The molecule has 9 heavy (non-hydrogen) atoms. The van der Waals surface area contributed by atoms with Crippen molar-refractivity contribution in [3.63, 3.8) is 0 Å². The van der Waals surface area contributed by atoms with Crippen LogP contribution in [0.5, 0.6) is 0 Å². The highest BCUT2D eigenvalue weighted by Crippen LogP contribution is 1.84. The van der Waals surface area contributed by atoms with Crippen molar-refractivity contribution in [2.24, 2.45) is 0 Å². The van der Waals surface area contributed by atoms with E-state index in [1.165, 1.54) is 6.20 Å². The molecule has 0 atom stereocenters. The van der Waals surface area contributed by atoms with E-state index in [1.54, 1.807) is 7.05 Å². The van der Waals surface area contributed by atoms with Gasteiger partial charge >= 0.3 is 10.1 Å². The molecular formula is C4H9NO3S. The van der Waals surface area contributed by atoms with Crippen LogP contribution in [0.3, 0.4) is 0 Å². The smallest absolute Gasteiger partial charge is 0.305 e. The lowest BCUT2D eigenvalue weighted by atomic mass is 11.0. The third-order valence-electron chi connectivity index (χ3n) is 0.465. The number of rotatable bonds is 3. The Balaban J connectivity index is 3.65. The highest BCUT2D eigenvalue weighted by Gasteiger charge is 1.93. The molecule has 0 aromatic heterocycles. The van der Waals surface area contributed by atoms with E-state index < -0.39 is 10.1 Å². The van der Waals surface area contributed by atoms with Gasteiger partial charge < -0.3 is 9.50 Å². The molecule has 0 bridgehead atoms. The van der Waals surface area contributed by atoms with Crippen LogP contribution in [-0.2, 0) is 14.3 Å². The Morgan fingerprint density at radius 3 is 2.44 bits per heavy atom. The van der Waals surface area contributed by atoms with Crippen LogP contribution in [0.15, 0.2) is 12.5 Å². The van der Waals surface area contributed by atoms with Gasteiger partial charge in [-0.1, -0.05) is 0 Å². The molecule has 0 aliphatic heterocycles. The maximum absolute atomic E-state index is 10.2. The van der Waals surface area contributed by atoms with Gasteiger partial charge in [0.15, 0.2) is 0 Å². The largest absolute Gasteiger partial charge is 0.391 e.